The molecule has 1 fully saturated rings. The summed E-state index contributed by atoms with van der Waals surface area (Å²) in [6.07, 6.45) is 1.59. The second kappa shape index (κ2) is 3.69. The average Bonchev–Trinajstić information content (AvgIpc) is 2.71. The maximum Gasteiger partial charge on any atom is 0.222 e. The highest BCUT2D eigenvalue weighted by atomic mass is 16.3. The topological polar surface area (TPSA) is 75.3 Å². The lowest BCUT2D eigenvalue weighted by Gasteiger charge is -2.06. The second-order valence-electron chi connectivity index (χ2n) is 2.94. The summed E-state index contributed by atoms with van der Waals surface area (Å²) in [7, 11) is 0. The molecule has 0 aromatic carbocycles. The molecule has 11 heavy (non-hydrogen) atoms. The molecule has 1 aliphatic rings. The zero-order valence-corrected chi connectivity index (χ0v) is 6.42. The predicted octanol–water partition coefficient (Wildman–Crippen LogP) is -1.03. The fourth-order valence-electron chi connectivity index (χ4n) is 0.812. The summed E-state index contributed by atoms with van der Waals surface area (Å²) >= 11 is 0. The number of hydrogen-bond acceptors (Lipinski definition) is 3. The van der Waals surface area contributed by atoms with Crippen molar-refractivity contribution in [1.82, 2.24) is 5.32 Å². The van der Waals surface area contributed by atoms with Crippen LogP contribution in [-0.2, 0) is 4.79 Å². The van der Waals surface area contributed by atoms with Gasteiger partial charge in [0.1, 0.15) is 0 Å². The molecule has 0 spiro atoms. The van der Waals surface area contributed by atoms with Gasteiger partial charge in [0.15, 0.2) is 0 Å². The quantitative estimate of drug-likeness (QED) is 0.490. The fourth-order valence-corrected chi connectivity index (χ4v) is 0.812. The van der Waals surface area contributed by atoms with Crippen LogP contribution in [0.2, 0.25) is 0 Å². The average molecular weight is 158 g/mol. The van der Waals surface area contributed by atoms with E-state index in [0.717, 1.165) is 12.8 Å². The van der Waals surface area contributed by atoms with Crippen LogP contribution >= 0.6 is 0 Å². The van der Waals surface area contributed by atoms with Crippen LogP contribution in [0.1, 0.15) is 19.3 Å². The van der Waals surface area contributed by atoms with E-state index in [2.05, 4.69) is 5.32 Å². The van der Waals surface area contributed by atoms with Crippen molar-refractivity contribution in [3.05, 3.63) is 0 Å². The summed E-state index contributed by atoms with van der Waals surface area (Å²) in [4.78, 5) is 10.9. The molecule has 4 N–H and O–H groups in total. The first-order valence-corrected chi connectivity index (χ1v) is 3.90. The zero-order chi connectivity index (χ0) is 8.27. The van der Waals surface area contributed by atoms with Gasteiger partial charge in [0, 0.05) is 12.6 Å². The fraction of sp³-hybridized carbons (Fsp3) is 0.857. The van der Waals surface area contributed by atoms with E-state index >= 15 is 0 Å². The minimum atomic E-state index is -0.686. The van der Waals surface area contributed by atoms with Crippen LogP contribution in [0.15, 0.2) is 0 Å². The third-order valence-corrected chi connectivity index (χ3v) is 1.64. The van der Waals surface area contributed by atoms with E-state index in [9.17, 15) is 4.79 Å². The molecule has 4 nitrogen and oxygen atoms in total. The smallest absolute Gasteiger partial charge is 0.222 e. The largest absolute Gasteiger partial charge is 0.391 e. The van der Waals surface area contributed by atoms with Crippen LogP contribution in [0.5, 0.6) is 0 Å². The van der Waals surface area contributed by atoms with Gasteiger partial charge in [-0.3, -0.25) is 4.79 Å². The lowest BCUT2D eigenvalue weighted by atomic mass is 10.2. The Kier molecular flexibility index (Phi) is 2.84. The normalized spacial score (nSPS) is 19.5. The number of nitrogens with two attached hydrogens (primary N) is 1. The van der Waals surface area contributed by atoms with Crippen LogP contribution in [0, 0.1) is 0 Å². The molecule has 1 rings (SSSR count). The van der Waals surface area contributed by atoms with Crippen LogP contribution < -0.4 is 11.1 Å². The predicted molar refractivity (Wildman–Crippen MR) is 40.8 cm³/mol. The molecule has 4 heteroatoms. The van der Waals surface area contributed by atoms with Crippen molar-refractivity contribution >= 4 is 5.91 Å². The van der Waals surface area contributed by atoms with Crippen molar-refractivity contribution in [3.8, 4) is 0 Å². The highest BCUT2D eigenvalue weighted by molar-refractivity contribution is 5.77. The Morgan fingerprint density at radius 2 is 2.36 bits per heavy atom. The highest BCUT2D eigenvalue weighted by Gasteiger charge is 2.23. The van der Waals surface area contributed by atoms with Gasteiger partial charge in [0.05, 0.1) is 12.5 Å². The summed E-state index contributed by atoms with van der Waals surface area (Å²) in [5.41, 5.74) is 5.14. The number of aliphatic hydroxyl groups excluding tert-OH is 1. The van der Waals surface area contributed by atoms with Gasteiger partial charge < -0.3 is 16.2 Å². The van der Waals surface area contributed by atoms with E-state index in [0.29, 0.717) is 6.04 Å². The molecule has 0 aliphatic heterocycles. The molecule has 0 bridgehead atoms. The molecule has 1 amide bonds. The first-order valence-electron chi connectivity index (χ1n) is 3.90. The van der Waals surface area contributed by atoms with E-state index in [1.54, 1.807) is 0 Å². The number of nitrogens with one attached hydrogen (secondary N) is 1. The molecule has 1 atom stereocenters. The van der Waals surface area contributed by atoms with Gasteiger partial charge in [-0.15, -0.1) is 0 Å². The molecule has 0 heterocycles. The molecule has 0 saturated heterocycles. The van der Waals surface area contributed by atoms with E-state index in [4.69, 9.17) is 10.8 Å². The Hall–Kier alpha value is -0.610. The van der Waals surface area contributed by atoms with Crippen molar-refractivity contribution in [2.45, 2.75) is 31.4 Å². The van der Waals surface area contributed by atoms with E-state index in [-0.39, 0.29) is 18.9 Å². The Balaban J connectivity index is 2.08. The number of amides is 1. The zero-order valence-electron chi connectivity index (χ0n) is 6.42. The van der Waals surface area contributed by atoms with Crippen LogP contribution in [0.25, 0.3) is 0 Å². The monoisotopic (exact) mass is 158 g/mol. The Labute approximate surface area is 65.8 Å². The molecular weight excluding hydrogens is 144 g/mol. The standard InChI is InChI=1S/C7H14N2O2/c8-4-6(10)3-7(11)9-5-1-2-5/h5-6,10H,1-4,8H2,(H,9,11). The van der Waals surface area contributed by atoms with Crippen molar-refractivity contribution in [2.24, 2.45) is 5.73 Å². The first-order chi connectivity index (χ1) is 5.22. The van der Waals surface area contributed by atoms with Crippen LogP contribution in [0.3, 0.4) is 0 Å². The second-order valence-corrected chi connectivity index (χ2v) is 2.94. The lowest BCUT2D eigenvalue weighted by Crippen LogP contribution is -2.32. The van der Waals surface area contributed by atoms with Gasteiger partial charge in [-0.1, -0.05) is 0 Å². The minimum absolute atomic E-state index is 0.0922. The number of rotatable bonds is 4. The van der Waals surface area contributed by atoms with Gasteiger partial charge in [-0.05, 0) is 12.8 Å². The first kappa shape index (κ1) is 8.49. The minimum Gasteiger partial charge on any atom is -0.391 e. The van der Waals surface area contributed by atoms with Gasteiger partial charge in [0.25, 0.3) is 0 Å². The number of hydrogen-bond donors (Lipinski definition) is 3. The summed E-state index contributed by atoms with van der Waals surface area (Å²) in [6.45, 7) is 0.151. The summed E-state index contributed by atoms with van der Waals surface area (Å²) in [5, 5.41) is 11.7. The lowest BCUT2D eigenvalue weighted by molar-refractivity contribution is -0.123. The van der Waals surface area contributed by atoms with Crippen molar-refractivity contribution in [2.75, 3.05) is 6.54 Å². The molecular formula is C7H14N2O2. The number of carbonyl (C=O) groups excluding carboxylic acids is 1. The van der Waals surface area contributed by atoms with Gasteiger partial charge in [-0.2, -0.15) is 0 Å². The maximum absolute atomic E-state index is 10.9. The molecule has 0 aromatic heterocycles. The van der Waals surface area contributed by atoms with Crippen LogP contribution in [-0.4, -0.2) is 29.7 Å². The Bertz CT molecular complexity index is 145. The maximum atomic E-state index is 10.9. The molecule has 1 aliphatic carbocycles. The van der Waals surface area contributed by atoms with Crippen molar-refractivity contribution < 1.29 is 9.90 Å². The SMILES string of the molecule is NCC(O)CC(=O)NC1CC1. The number of aliphatic hydroxyl groups is 1. The third-order valence-electron chi connectivity index (χ3n) is 1.64. The van der Waals surface area contributed by atoms with Crippen molar-refractivity contribution in [1.29, 1.82) is 0 Å². The van der Waals surface area contributed by atoms with E-state index in [1.807, 2.05) is 0 Å². The van der Waals surface area contributed by atoms with Crippen LogP contribution in [0.4, 0.5) is 0 Å². The summed E-state index contributed by atoms with van der Waals surface area (Å²) in [6, 6.07) is 0.368. The molecule has 1 unspecified atom stereocenters. The van der Waals surface area contributed by atoms with E-state index in [1.165, 1.54) is 0 Å². The summed E-state index contributed by atoms with van der Waals surface area (Å²) in [5.74, 6) is -0.0922. The van der Waals surface area contributed by atoms with Gasteiger partial charge >= 0.3 is 0 Å². The molecule has 0 aromatic rings. The van der Waals surface area contributed by atoms with Gasteiger partial charge in [0.2, 0.25) is 5.91 Å². The number of carbonyl (C=O) groups is 1. The molecule has 64 valence electrons. The van der Waals surface area contributed by atoms with Crippen molar-refractivity contribution in [3.63, 3.8) is 0 Å². The van der Waals surface area contributed by atoms with E-state index < -0.39 is 6.10 Å². The van der Waals surface area contributed by atoms with Gasteiger partial charge in [-0.25, -0.2) is 0 Å². The highest BCUT2D eigenvalue weighted by Crippen LogP contribution is 2.18. The molecule has 0 radical (unpaired) electrons. The third kappa shape index (κ3) is 3.34. The molecule has 1 saturated carbocycles. The Morgan fingerprint density at radius 1 is 1.73 bits per heavy atom. The Morgan fingerprint density at radius 3 is 2.82 bits per heavy atom. The summed E-state index contributed by atoms with van der Waals surface area (Å²) < 4.78 is 0.